The van der Waals surface area contributed by atoms with Crippen LogP contribution in [0.4, 0.5) is 5.69 Å². The highest BCUT2D eigenvalue weighted by Crippen LogP contribution is 2.30. The van der Waals surface area contributed by atoms with Crippen molar-refractivity contribution < 1.29 is 4.79 Å². The third-order valence-electron chi connectivity index (χ3n) is 3.82. The van der Waals surface area contributed by atoms with E-state index in [2.05, 4.69) is 18.9 Å². The molecule has 0 aliphatic carbocycles. The molecule has 1 aromatic carbocycles. The predicted octanol–water partition coefficient (Wildman–Crippen LogP) is 2.74. The molecule has 110 valence electrons. The first kappa shape index (κ1) is 15.4. The van der Waals surface area contributed by atoms with Gasteiger partial charge in [0.1, 0.15) is 0 Å². The number of anilines is 1. The molecular formula is C14H19Cl2N3O. The van der Waals surface area contributed by atoms with Crippen LogP contribution in [-0.2, 0) is 0 Å². The summed E-state index contributed by atoms with van der Waals surface area (Å²) in [5.41, 5.74) is 6.58. The number of nitrogens with two attached hydrogens (primary N) is 1. The van der Waals surface area contributed by atoms with Gasteiger partial charge in [0.05, 0.1) is 15.6 Å². The molecule has 20 heavy (non-hydrogen) atoms. The first-order chi connectivity index (χ1) is 9.43. The zero-order chi connectivity index (χ0) is 14.9. The molecule has 0 aromatic heterocycles. The molecule has 2 N–H and O–H groups in total. The van der Waals surface area contributed by atoms with Gasteiger partial charge in [-0.3, -0.25) is 9.69 Å². The molecule has 4 nitrogen and oxygen atoms in total. The molecule has 1 saturated heterocycles. The number of hydrogen-bond donors (Lipinski definition) is 1. The number of carbonyl (C=O) groups excluding carboxylic acids is 1. The zero-order valence-corrected chi connectivity index (χ0v) is 13.2. The Labute approximate surface area is 129 Å². The molecule has 1 aromatic rings. The Morgan fingerprint density at radius 1 is 1.40 bits per heavy atom. The number of piperazine rings is 1. The lowest BCUT2D eigenvalue weighted by molar-refractivity contribution is 0.0542. The minimum Gasteiger partial charge on any atom is -0.399 e. The van der Waals surface area contributed by atoms with Gasteiger partial charge >= 0.3 is 0 Å². The number of likely N-dealkylation sites (N-methyl/N-ethyl adjacent to an activating group) is 1. The molecule has 1 heterocycles. The third-order valence-corrected chi connectivity index (χ3v) is 4.62. The zero-order valence-electron chi connectivity index (χ0n) is 11.7. The minimum atomic E-state index is -0.101. The highest BCUT2D eigenvalue weighted by molar-refractivity contribution is 6.44. The van der Waals surface area contributed by atoms with Crippen molar-refractivity contribution in [2.45, 2.75) is 19.4 Å². The van der Waals surface area contributed by atoms with Gasteiger partial charge in [-0.25, -0.2) is 0 Å². The van der Waals surface area contributed by atoms with Gasteiger partial charge in [-0.05, 0) is 25.6 Å². The summed E-state index contributed by atoms with van der Waals surface area (Å²) in [6.45, 7) is 4.38. The number of nitrogen functional groups attached to an aromatic ring is 1. The number of halogens is 2. The average Bonchev–Trinajstić information content (AvgIpc) is 2.42. The maximum absolute atomic E-state index is 12.6. The first-order valence-corrected chi connectivity index (χ1v) is 7.43. The lowest BCUT2D eigenvalue weighted by Gasteiger charge is -2.39. The summed E-state index contributed by atoms with van der Waals surface area (Å²) in [7, 11) is 2.08. The van der Waals surface area contributed by atoms with Crippen molar-refractivity contribution in [3.8, 4) is 0 Å². The van der Waals surface area contributed by atoms with Crippen molar-refractivity contribution in [2.75, 3.05) is 32.4 Å². The van der Waals surface area contributed by atoms with Crippen molar-refractivity contribution in [1.29, 1.82) is 0 Å². The molecule has 6 heteroatoms. The molecule has 0 saturated carbocycles. The first-order valence-electron chi connectivity index (χ1n) is 6.68. The molecule has 1 amide bonds. The van der Waals surface area contributed by atoms with Crippen LogP contribution >= 0.6 is 23.2 Å². The van der Waals surface area contributed by atoms with E-state index in [0.29, 0.717) is 35.4 Å². The second-order valence-corrected chi connectivity index (χ2v) is 5.94. The fraction of sp³-hybridized carbons (Fsp3) is 0.500. The highest BCUT2D eigenvalue weighted by atomic mass is 35.5. The second-order valence-electron chi connectivity index (χ2n) is 5.16. The summed E-state index contributed by atoms with van der Waals surface area (Å²) in [6, 6.07) is 3.53. The Hall–Kier alpha value is -0.970. The second kappa shape index (κ2) is 6.20. The monoisotopic (exact) mass is 315 g/mol. The maximum Gasteiger partial charge on any atom is 0.255 e. The van der Waals surface area contributed by atoms with Gasteiger partial charge < -0.3 is 10.6 Å². The molecule has 1 atom stereocenters. The van der Waals surface area contributed by atoms with Crippen LogP contribution in [0.25, 0.3) is 0 Å². The Morgan fingerprint density at radius 3 is 2.75 bits per heavy atom. The number of hydrogen-bond acceptors (Lipinski definition) is 3. The van der Waals surface area contributed by atoms with Gasteiger partial charge in [0, 0.05) is 31.4 Å². The van der Waals surface area contributed by atoms with Gasteiger partial charge in [0.15, 0.2) is 0 Å². The van der Waals surface area contributed by atoms with Gasteiger partial charge in [-0.15, -0.1) is 0 Å². The molecule has 0 radical (unpaired) electrons. The van der Waals surface area contributed by atoms with Crippen LogP contribution in [0.15, 0.2) is 12.1 Å². The molecule has 1 aliphatic rings. The quantitative estimate of drug-likeness (QED) is 0.854. The summed E-state index contributed by atoms with van der Waals surface area (Å²) in [5.74, 6) is -0.101. The van der Waals surface area contributed by atoms with E-state index < -0.39 is 0 Å². The van der Waals surface area contributed by atoms with Crippen LogP contribution in [0.2, 0.25) is 10.0 Å². The summed E-state index contributed by atoms with van der Waals surface area (Å²) in [6.07, 6.45) is 1.01. The fourth-order valence-corrected chi connectivity index (χ4v) is 2.93. The number of benzene rings is 1. The Kier molecular flexibility index (Phi) is 4.78. The van der Waals surface area contributed by atoms with Crippen molar-refractivity contribution >= 4 is 34.8 Å². The number of carbonyl (C=O) groups is 1. The van der Waals surface area contributed by atoms with E-state index in [9.17, 15) is 4.79 Å². The molecule has 1 unspecified atom stereocenters. The van der Waals surface area contributed by atoms with E-state index in [-0.39, 0.29) is 10.9 Å². The van der Waals surface area contributed by atoms with Crippen LogP contribution in [-0.4, -0.2) is 48.4 Å². The van der Waals surface area contributed by atoms with Crippen LogP contribution in [0.3, 0.4) is 0 Å². The standard InChI is InChI=1S/C14H19Cl2N3O/c1-3-10-8-19(5-4-18(10)2)14(20)11-6-9(17)7-12(15)13(11)16/h6-7,10H,3-5,8,17H2,1-2H3. The van der Waals surface area contributed by atoms with E-state index in [1.807, 2.05) is 4.90 Å². The average molecular weight is 316 g/mol. The topological polar surface area (TPSA) is 49.6 Å². The number of amides is 1. The normalized spacial score (nSPS) is 20.2. The van der Waals surface area contributed by atoms with Gasteiger partial charge in [0.2, 0.25) is 0 Å². The van der Waals surface area contributed by atoms with Crippen LogP contribution in [0.5, 0.6) is 0 Å². The summed E-state index contributed by atoms with van der Waals surface area (Å²) in [5, 5.41) is 0.592. The number of nitrogens with zero attached hydrogens (tertiary/aromatic N) is 2. The van der Waals surface area contributed by atoms with E-state index in [1.165, 1.54) is 0 Å². The van der Waals surface area contributed by atoms with Crippen LogP contribution < -0.4 is 5.73 Å². The van der Waals surface area contributed by atoms with Gasteiger partial charge in [-0.2, -0.15) is 0 Å². The molecular weight excluding hydrogens is 297 g/mol. The molecule has 0 spiro atoms. The van der Waals surface area contributed by atoms with Crippen molar-refractivity contribution in [3.05, 3.63) is 27.7 Å². The Balaban J connectivity index is 2.24. The molecule has 2 rings (SSSR count). The summed E-state index contributed by atoms with van der Waals surface area (Å²) >= 11 is 12.1. The van der Waals surface area contributed by atoms with Crippen molar-refractivity contribution in [2.24, 2.45) is 0 Å². The highest BCUT2D eigenvalue weighted by Gasteiger charge is 2.28. The molecule has 0 bridgehead atoms. The Bertz CT molecular complexity index is 521. The van der Waals surface area contributed by atoms with Crippen LogP contribution in [0, 0.1) is 0 Å². The van der Waals surface area contributed by atoms with E-state index in [1.54, 1.807) is 12.1 Å². The SMILES string of the molecule is CCC1CN(C(=O)c2cc(N)cc(Cl)c2Cl)CCN1C. The Morgan fingerprint density at radius 2 is 2.10 bits per heavy atom. The summed E-state index contributed by atoms with van der Waals surface area (Å²) in [4.78, 5) is 16.7. The predicted molar refractivity (Wildman–Crippen MR) is 83.5 cm³/mol. The van der Waals surface area contributed by atoms with Gasteiger partial charge in [-0.1, -0.05) is 30.1 Å². The lowest BCUT2D eigenvalue weighted by Crippen LogP contribution is -2.53. The molecule has 1 aliphatic heterocycles. The van der Waals surface area contributed by atoms with Crippen LogP contribution in [0.1, 0.15) is 23.7 Å². The molecule has 1 fully saturated rings. The van der Waals surface area contributed by atoms with E-state index >= 15 is 0 Å². The smallest absolute Gasteiger partial charge is 0.255 e. The van der Waals surface area contributed by atoms with E-state index in [0.717, 1.165) is 13.0 Å². The number of rotatable bonds is 2. The maximum atomic E-state index is 12.6. The van der Waals surface area contributed by atoms with Crippen molar-refractivity contribution in [3.63, 3.8) is 0 Å². The lowest BCUT2D eigenvalue weighted by atomic mass is 10.1. The summed E-state index contributed by atoms with van der Waals surface area (Å²) < 4.78 is 0. The third kappa shape index (κ3) is 3.03. The van der Waals surface area contributed by atoms with Crippen molar-refractivity contribution in [1.82, 2.24) is 9.80 Å². The minimum absolute atomic E-state index is 0.101. The van der Waals surface area contributed by atoms with E-state index in [4.69, 9.17) is 28.9 Å². The largest absolute Gasteiger partial charge is 0.399 e. The fourth-order valence-electron chi connectivity index (χ4n) is 2.51. The van der Waals surface area contributed by atoms with Gasteiger partial charge in [0.25, 0.3) is 5.91 Å².